The van der Waals surface area contributed by atoms with Crippen molar-refractivity contribution < 1.29 is 14.5 Å². The maximum Gasteiger partial charge on any atom is 0.293 e. The summed E-state index contributed by atoms with van der Waals surface area (Å²) in [5.74, 6) is -1.37. The first-order chi connectivity index (χ1) is 7.82. The number of carbonyl (C=O) groups is 2. The minimum Gasteiger partial charge on any atom is -0.366 e. The number of primary amides is 1. The normalized spacial score (nSPS) is 9.76. The molecule has 0 spiro atoms. The van der Waals surface area contributed by atoms with Gasteiger partial charge in [0.1, 0.15) is 5.69 Å². The SMILES string of the molecule is CC(=O)Nc1cc(Cl)c(C(N)=O)cc1[N+](=O)[O-]. The minimum absolute atomic E-state index is 0.0631. The highest BCUT2D eigenvalue weighted by Crippen LogP contribution is 2.30. The molecule has 7 nitrogen and oxygen atoms in total. The Morgan fingerprint density at radius 2 is 2.06 bits per heavy atom. The number of nitro groups is 1. The van der Waals surface area contributed by atoms with Crippen molar-refractivity contribution in [3.63, 3.8) is 0 Å². The number of benzene rings is 1. The first kappa shape index (κ1) is 12.9. The number of nitrogens with one attached hydrogen (secondary N) is 1. The summed E-state index contributed by atoms with van der Waals surface area (Å²) in [6, 6.07) is 2.04. The van der Waals surface area contributed by atoms with Crippen molar-refractivity contribution in [1.82, 2.24) is 0 Å². The Morgan fingerprint density at radius 3 is 2.47 bits per heavy atom. The molecule has 1 rings (SSSR count). The molecule has 90 valence electrons. The summed E-state index contributed by atoms with van der Waals surface area (Å²) in [5.41, 5.74) is 4.30. The maximum atomic E-state index is 11.0. The first-order valence-electron chi connectivity index (χ1n) is 4.38. The Bertz CT molecular complexity index is 515. The summed E-state index contributed by atoms with van der Waals surface area (Å²) in [6.07, 6.45) is 0. The fourth-order valence-corrected chi connectivity index (χ4v) is 1.45. The number of rotatable bonds is 3. The maximum absolute atomic E-state index is 11.0. The van der Waals surface area contributed by atoms with E-state index in [-0.39, 0.29) is 16.3 Å². The van der Waals surface area contributed by atoms with Crippen molar-refractivity contribution in [2.24, 2.45) is 5.73 Å². The summed E-state index contributed by atoms with van der Waals surface area (Å²) < 4.78 is 0. The van der Waals surface area contributed by atoms with Crippen molar-refractivity contribution >= 4 is 34.8 Å². The van der Waals surface area contributed by atoms with Crippen LogP contribution in [0.5, 0.6) is 0 Å². The largest absolute Gasteiger partial charge is 0.366 e. The molecule has 1 aromatic rings. The van der Waals surface area contributed by atoms with Crippen LogP contribution in [-0.2, 0) is 4.79 Å². The molecular weight excluding hydrogens is 250 g/mol. The summed E-state index contributed by atoms with van der Waals surface area (Å²) in [4.78, 5) is 31.8. The van der Waals surface area contributed by atoms with Crippen LogP contribution in [0.3, 0.4) is 0 Å². The molecule has 0 aliphatic rings. The van der Waals surface area contributed by atoms with E-state index in [2.05, 4.69) is 5.32 Å². The van der Waals surface area contributed by atoms with Crippen LogP contribution in [0.25, 0.3) is 0 Å². The predicted octanol–water partition coefficient (Wildman–Crippen LogP) is 1.31. The average Bonchev–Trinajstić information content (AvgIpc) is 2.15. The fraction of sp³-hybridized carbons (Fsp3) is 0.111. The molecule has 8 heteroatoms. The third-order valence-electron chi connectivity index (χ3n) is 1.86. The zero-order chi connectivity index (χ0) is 13.2. The van der Waals surface area contributed by atoms with Crippen LogP contribution in [-0.4, -0.2) is 16.7 Å². The third kappa shape index (κ3) is 2.91. The van der Waals surface area contributed by atoms with Gasteiger partial charge in [0, 0.05) is 13.0 Å². The van der Waals surface area contributed by atoms with Crippen molar-refractivity contribution in [3.05, 3.63) is 32.8 Å². The number of nitro benzene ring substituents is 1. The van der Waals surface area contributed by atoms with Crippen LogP contribution in [0.2, 0.25) is 5.02 Å². The van der Waals surface area contributed by atoms with E-state index < -0.39 is 22.4 Å². The minimum atomic E-state index is -0.882. The summed E-state index contributed by atoms with van der Waals surface area (Å²) in [6.45, 7) is 1.19. The van der Waals surface area contributed by atoms with Crippen molar-refractivity contribution in [2.45, 2.75) is 6.92 Å². The molecule has 0 aromatic heterocycles. The molecular formula is C9H8ClN3O4. The van der Waals surface area contributed by atoms with Gasteiger partial charge in [-0.1, -0.05) is 11.6 Å². The second-order valence-corrected chi connectivity index (χ2v) is 3.56. The molecule has 0 heterocycles. The number of carbonyl (C=O) groups excluding carboxylic acids is 2. The third-order valence-corrected chi connectivity index (χ3v) is 2.17. The van der Waals surface area contributed by atoms with E-state index in [1.165, 1.54) is 6.92 Å². The Kier molecular flexibility index (Phi) is 3.64. The van der Waals surface area contributed by atoms with Gasteiger partial charge in [-0.2, -0.15) is 0 Å². The average molecular weight is 258 g/mol. The second-order valence-electron chi connectivity index (χ2n) is 3.15. The van der Waals surface area contributed by atoms with Crippen LogP contribution in [0.1, 0.15) is 17.3 Å². The van der Waals surface area contributed by atoms with Gasteiger partial charge in [-0.05, 0) is 6.07 Å². The van der Waals surface area contributed by atoms with Crippen LogP contribution in [0, 0.1) is 10.1 Å². The zero-order valence-corrected chi connectivity index (χ0v) is 9.45. The van der Waals surface area contributed by atoms with Gasteiger partial charge in [-0.25, -0.2) is 0 Å². The van der Waals surface area contributed by atoms with Crippen molar-refractivity contribution in [3.8, 4) is 0 Å². The van der Waals surface area contributed by atoms with Gasteiger partial charge < -0.3 is 11.1 Å². The van der Waals surface area contributed by atoms with Gasteiger partial charge in [-0.3, -0.25) is 19.7 Å². The van der Waals surface area contributed by atoms with E-state index in [1.54, 1.807) is 0 Å². The van der Waals surface area contributed by atoms with E-state index in [0.717, 1.165) is 12.1 Å². The van der Waals surface area contributed by atoms with Gasteiger partial charge in [0.15, 0.2) is 0 Å². The summed E-state index contributed by atoms with van der Waals surface area (Å²) in [7, 11) is 0. The molecule has 0 atom stereocenters. The van der Waals surface area contributed by atoms with E-state index in [1.807, 2.05) is 0 Å². The number of anilines is 1. The number of hydrogen-bond acceptors (Lipinski definition) is 4. The van der Waals surface area contributed by atoms with E-state index in [0.29, 0.717) is 0 Å². The Balaban J connectivity index is 3.40. The van der Waals surface area contributed by atoms with Crippen LogP contribution >= 0.6 is 11.6 Å². The summed E-state index contributed by atoms with van der Waals surface area (Å²) >= 11 is 5.71. The molecule has 3 N–H and O–H groups in total. The smallest absolute Gasteiger partial charge is 0.293 e. The quantitative estimate of drug-likeness (QED) is 0.627. The van der Waals surface area contributed by atoms with Gasteiger partial charge >= 0.3 is 0 Å². The van der Waals surface area contributed by atoms with Crippen LogP contribution in [0.4, 0.5) is 11.4 Å². The lowest BCUT2D eigenvalue weighted by atomic mass is 10.1. The molecule has 0 saturated heterocycles. The van der Waals surface area contributed by atoms with Gasteiger partial charge in [0.05, 0.1) is 15.5 Å². The number of nitrogens with zero attached hydrogens (tertiary/aromatic N) is 1. The fourth-order valence-electron chi connectivity index (χ4n) is 1.19. The zero-order valence-electron chi connectivity index (χ0n) is 8.69. The topological polar surface area (TPSA) is 115 Å². The number of halogens is 1. The van der Waals surface area contributed by atoms with Crippen LogP contribution < -0.4 is 11.1 Å². The number of nitrogens with two attached hydrogens (primary N) is 1. The highest BCUT2D eigenvalue weighted by atomic mass is 35.5. The summed E-state index contributed by atoms with van der Waals surface area (Å²) in [5, 5.41) is 12.9. The molecule has 17 heavy (non-hydrogen) atoms. The highest BCUT2D eigenvalue weighted by Gasteiger charge is 2.20. The van der Waals surface area contributed by atoms with Gasteiger partial charge in [-0.15, -0.1) is 0 Å². The first-order valence-corrected chi connectivity index (χ1v) is 4.76. The Hall–Kier alpha value is -2.15. The van der Waals surface area contributed by atoms with E-state index >= 15 is 0 Å². The Labute approximate surface area is 101 Å². The van der Waals surface area contributed by atoms with Crippen LogP contribution in [0.15, 0.2) is 12.1 Å². The predicted molar refractivity (Wildman–Crippen MR) is 60.9 cm³/mol. The molecule has 2 amide bonds. The molecule has 0 radical (unpaired) electrons. The molecule has 0 bridgehead atoms. The molecule has 0 saturated carbocycles. The second kappa shape index (κ2) is 4.79. The molecule has 1 aromatic carbocycles. The van der Waals surface area contributed by atoms with E-state index in [9.17, 15) is 19.7 Å². The molecule has 0 aliphatic heterocycles. The standard InChI is InChI=1S/C9H8ClN3O4/c1-4(14)12-7-3-6(10)5(9(11)15)2-8(7)13(16)17/h2-3H,1H3,(H2,11,15)(H,12,14). The number of amides is 2. The molecule has 0 aliphatic carbocycles. The molecule has 0 unspecified atom stereocenters. The lowest BCUT2D eigenvalue weighted by Gasteiger charge is -2.06. The van der Waals surface area contributed by atoms with Crippen molar-refractivity contribution in [1.29, 1.82) is 0 Å². The van der Waals surface area contributed by atoms with E-state index in [4.69, 9.17) is 17.3 Å². The lowest BCUT2D eigenvalue weighted by Crippen LogP contribution is -2.14. The van der Waals surface area contributed by atoms with Crippen molar-refractivity contribution in [2.75, 3.05) is 5.32 Å². The highest BCUT2D eigenvalue weighted by molar-refractivity contribution is 6.34. The molecule has 0 fully saturated rings. The lowest BCUT2D eigenvalue weighted by molar-refractivity contribution is -0.383. The van der Waals surface area contributed by atoms with Gasteiger partial charge in [0.2, 0.25) is 11.8 Å². The van der Waals surface area contributed by atoms with Gasteiger partial charge in [0.25, 0.3) is 5.69 Å². The Morgan fingerprint density at radius 1 is 1.47 bits per heavy atom. The monoisotopic (exact) mass is 257 g/mol. The number of hydrogen-bond donors (Lipinski definition) is 2.